The van der Waals surface area contributed by atoms with E-state index in [9.17, 15) is 9.59 Å². The second kappa shape index (κ2) is 13.8. The number of anilines is 3. The van der Waals surface area contributed by atoms with E-state index in [-0.39, 0.29) is 23.8 Å². The maximum absolute atomic E-state index is 13.8. The third-order valence-corrected chi connectivity index (χ3v) is 9.18. The molecule has 0 spiro atoms. The number of nitrogens with zero attached hydrogens (tertiary/aromatic N) is 3. The van der Waals surface area contributed by atoms with Gasteiger partial charge in [0.25, 0.3) is 0 Å². The summed E-state index contributed by atoms with van der Waals surface area (Å²) in [5, 5.41) is 4.41. The van der Waals surface area contributed by atoms with Crippen molar-refractivity contribution in [3.63, 3.8) is 0 Å². The Bertz CT molecular complexity index is 1620. The Hall–Kier alpha value is -4.88. The number of urea groups is 1. The molecule has 0 bridgehead atoms. The number of carbonyl (C=O) groups excluding carboxylic acids is 2. The van der Waals surface area contributed by atoms with Gasteiger partial charge in [-0.3, -0.25) is 9.69 Å². The van der Waals surface area contributed by atoms with Crippen molar-refractivity contribution in [3.05, 3.63) is 138 Å². The molecule has 0 saturated carbocycles. The molecule has 4 aromatic carbocycles. The number of rotatable bonds is 9. The first-order valence-electron chi connectivity index (χ1n) is 15.8. The molecule has 0 radical (unpaired) electrons. The number of hydrogen-bond acceptors (Lipinski definition) is 4. The van der Waals surface area contributed by atoms with Gasteiger partial charge in [-0.1, -0.05) is 73.3 Å². The fourth-order valence-corrected chi connectivity index (χ4v) is 6.72. The Kier molecular flexibility index (Phi) is 9.27. The number of amides is 3. The topological polar surface area (TPSA) is 81.9 Å². The number of carbonyl (C=O) groups is 2. The average Bonchev–Trinajstić information content (AvgIpc) is 3.56. The van der Waals surface area contributed by atoms with Crippen LogP contribution in [-0.4, -0.2) is 29.9 Å². The molecule has 4 aromatic rings. The highest BCUT2D eigenvalue weighted by Gasteiger charge is 2.33. The van der Waals surface area contributed by atoms with Crippen LogP contribution in [0.3, 0.4) is 0 Å². The highest BCUT2D eigenvalue weighted by Crippen LogP contribution is 2.36. The van der Waals surface area contributed by atoms with E-state index in [0.717, 1.165) is 66.3 Å². The van der Waals surface area contributed by atoms with Crippen LogP contribution in [0.25, 0.3) is 0 Å². The van der Waals surface area contributed by atoms with Gasteiger partial charge in [-0.15, -0.1) is 0 Å². The first-order valence-corrected chi connectivity index (χ1v) is 15.8. The normalized spacial score (nSPS) is 15.2. The predicted octanol–water partition coefficient (Wildman–Crippen LogP) is 7.26. The fraction of sp³-hybridized carbons (Fsp3) is 0.263. The number of benzene rings is 4. The summed E-state index contributed by atoms with van der Waals surface area (Å²) in [6.07, 6.45) is 6.70. The van der Waals surface area contributed by atoms with Crippen LogP contribution in [0.15, 0.2) is 116 Å². The van der Waals surface area contributed by atoms with E-state index in [1.54, 1.807) is 0 Å². The molecule has 2 aliphatic rings. The summed E-state index contributed by atoms with van der Waals surface area (Å²) in [6, 6.07) is 33.7. The first-order chi connectivity index (χ1) is 22.0. The third kappa shape index (κ3) is 6.94. The molecular weight excluding hydrogens is 558 g/mol. The van der Waals surface area contributed by atoms with Crippen LogP contribution in [0.1, 0.15) is 47.4 Å². The lowest BCUT2D eigenvalue weighted by Gasteiger charge is -2.37. The van der Waals surface area contributed by atoms with Crippen LogP contribution in [0.5, 0.6) is 0 Å². The lowest BCUT2D eigenvalue weighted by Crippen LogP contribution is -2.45. The van der Waals surface area contributed by atoms with E-state index in [0.29, 0.717) is 12.2 Å². The second-order valence-electron chi connectivity index (χ2n) is 12.0. The van der Waals surface area contributed by atoms with Crippen molar-refractivity contribution in [1.82, 2.24) is 4.90 Å². The van der Waals surface area contributed by atoms with Crippen LogP contribution < -0.4 is 21.1 Å². The van der Waals surface area contributed by atoms with Gasteiger partial charge in [-0.2, -0.15) is 0 Å². The zero-order valence-electron chi connectivity index (χ0n) is 25.6. The Morgan fingerprint density at radius 3 is 2.24 bits per heavy atom. The van der Waals surface area contributed by atoms with Crippen molar-refractivity contribution in [2.45, 2.75) is 44.6 Å². The number of aryl methyl sites for hydroxylation is 2. The summed E-state index contributed by atoms with van der Waals surface area (Å²) in [4.78, 5) is 30.8. The van der Waals surface area contributed by atoms with Crippen molar-refractivity contribution in [2.75, 3.05) is 28.3 Å². The molecule has 1 saturated heterocycles. The molecular formula is C38H41N5O2. The summed E-state index contributed by atoms with van der Waals surface area (Å²) >= 11 is 0. The number of fused-ring (bicyclic) bond motifs is 1. The lowest BCUT2D eigenvalue weighted by molar-refractivity contribution is -0.118. The van der Waals surface area contributed by atoms with Gasteiger partial charge in [0, 0.05) is 30.7 Å². The summed E-state index contributed by atoms with van der Waals surface area (Å²) in [5.74, 6) is 6.33. The second-order valence-corrected chi connectivity index (χ2v) is 12.0. The molecule has 6 rings (SSSR count). The summed E-state index contributed by atoms with van der Waals surface area (Å²) < 4.78 is 0. The highest BCUT2D eigenvalue weighted by atomic mass is 16.2. The van der Waals surface area contributed by atoms with E-state index in [4.69, 9.17) is 5.84 Å². The van der Waals surface area contributed by atoms with Gasteiger partial charge in [0.05, 0.1) is 18.2 Å². The highest BCUT2D eigenvalue weighted by molar-refractivity contribution is 5.96. The van der Waals surface area contributed by atoms with Crippen LogP contribution >= 0.6 is 0 Å². The molecule has 3 N–H and O–H groups in total. The molecule has 1 unspecified atom stereocenters. The molecule has 1 fully saturated rings. The Labute approximate surface area is 265 Å². The zero-order chi connectivity index (χ0) is 31.2. The SMILES string of the molecule is C=CN(Cc1ccccc1)C(=O)N(N)c1ccc(N2CCC(C(C(=O)Nc3ccc4c(c3)CCC4)c3ccccc3)CC2)cc1. The van der Waals surface area contributed by atoms with Crippen molar-refractivity contribution in [3.8, 4) is 0 Å². The van der Waals surface area contributed by atoms with E-state index in [1.165, 1.54) is 28.6 Å². The van der Waals surface area contributed by atoms with Crippen molar-refractivity contribution in [1.29, 1.82) is 0 Å². The molecule has 45 heavy (non-hydrogen) atoms. The van der Waals surface area contributed by atoms with Gasteiger partial charge in [-0.05, 0) is 96.7 Å². The molecule has 7 nitrogen and oxygen atoms in total. The van der Waals surface area contributed by atoms with Crippen LogP contribution in [0.4, 0.5) is 21.9 Å². The predicted molar refractivity (Wildman–Crippen MR) is 182 cm³/mol. The van der Waals surface area contributed by atoms with Gasteiger partial charge < -0.3 is 10.2 Å². The maximum Gasteiger partial charge on any atom is 0.343 e. The van der Waals surface area contributed by atoms with Gasteiger partial charge in [0.2, 0.25) is 5.91 Å². The van der Waals surface area contributed by atoms with Crippen molar-refractivity contribution >= 4 is 29.0 Å². The smallest absolute Gasteiger partial charge is 0.343 e. The maximum atomic E-state index is 13.8. The van der Waals surface area contributed by atoms with E-state index < -0.39 is 0 Å². The molecule has 1 atom stereocenters. The average molecular weight is 600 g/mol. The van der Waals surface area contributed by atoms with E-state index >= 15 is 0 Å². The standard InChI is InChI=1S/C38H41N5O2/c1-2-41(27-28-10-5-3-6-11-28)38(45)43(39)35-20-18-34(19-21-35)42-24-22-31(23-25-42)36(30-12-7-4-8-13-30)37(44)40-33-17-16-29-14-9-15-32(29)26-33/h2-8,10-13,16-21,26,31,36H,1,9,14-15,22-25,27,39H2,(H,40,44). The minimum atomic E-state index is -0.354. The van der Waals surface area contributed by atoms with E-state index in [1.807, 2.05) is 78.9 Å². The Balaban J connectivity index is 1.09. The van der Waals surface area contributed by atoms with Crippen molar-refractivity contribution in [2.24, 2.45) is 11.8 Å². The number of piperidine rings is 1. The first kappa shape index (κ1) is 30.2. The molecule has 230 valence electrons. The third-order valence-electron chi connectivity index (χ3n) is 9.18. The Morgan fingerprint density at radius 2 is 1.56 bits per heavy atom. The molecule has 1 aliphatic heterocycles. The van der Waals surface area contributed by atoms with Gasteiger partial charge >= 0.3 is 6.03 Å². The Morgan fingerprint density at radius 1 is 0.889 bits per heavy atom. The largest absolute Gasteiger partial charge is 0.372 e. The number of hydrogen-bond donors (Lipinski definition) is 2. The van der Waals surface area contributed by atoms with Gasteiger partial charge in [0.15, 0.2) is 0 Å². The number of nitrogens with one attached hydrogen (secondary N) is 1. The van der Waals surface area contributed by atoms with Crippen LogP contribution in [0, 0.1) is 5.92 Å². The number of nitrogens with two attached hydrogens (primary N) is 1. The molecule has 7 heteroatoms. The minimum Gasteiger partial charge on any atom is -0.372 e. The van der Waals surface area contributed by atoms with Crippen LogP contribution in [-0.2, 0) is 24.2 Å². The molecule has 1 aliphatic carbocycles. The monoisotopic (exact) mass is 599 g/mol. The molecule has 3 amide bonds. The number of hydrazine groups is 1. The summed E-state index contributed by atoms with van der Waals surface area (Å²) in [7, 11) is 0. The van der Waals surface area contributed by atoms with Gasteiger partial charge in [-0.25, -0.2) is 15.6 Å². The summed E-state index contributed by atoms with van der Waals surface area (Å²) in [5.41, 5.74) is 7.38. The molecule has 1 heterocycles. The van der Waals surface area contributed by atoms with Gasteiger partial charge in [0.1, 0.15) is 0 Å². The molecule has 0 aromatic heterocycles. The van der Waals surface area contributed by atoms with E-state index in [2.05, 4.69) is 41.1 Å². The minimum absolute atomic E-state index is 0.0653. The van der Waals surface area contributed by atoms with Crippen molar-refractivity contribution < 1.29 is 9.59 Å². The summed E-state index contributed by atoms with van der Waals surface area (Å²) in [6.45, 7) is 5.87. The lowest BCUT2D eigenvalue weighted by atomic mass is 9.79. The van der Waals surface area contributed by atoms with Crippen LogP contribution in [0.2, 0.25) is 0 Å². The quantitative estimate of drug-likeness (QED) is 0.121. The fourth-order valence-electron chi connectivity index (χ4n) is 6.72. The zero-order valence-corrected chi connectivity index (χ0v) is 25.6.